The van der Waals surface area contributed by atoms with Crippen LogP contribution in [0.3, 0.4) is 0 Å². The zero-order valence-electron chi connectivity index (χ0n) is 9.17. The molecule has 1 heterocycles. The second-order valence-corrected chi connectivity index (χ2v) is 4.67. The van der Waals surface area contributed by atoms with Gasteiger partial charge in [0.05, 0.1) is 6.61 Å². The van der Waals surface area contributed by atoms with E-state index >= 15 is 0 Å². The molecule has 0 bridgehead atoms. The van der Waals surface area contributed by atoms with Gasteiger partial charge in [0.1, 0.15) is 0 Å². The van der Waals surface area contributed by atoms with Crippen LogP contribution in [-0.2, 0) is 4.74 Å². The molecule has 3 nitrogen and oxygen atoms in total. The summed E-state index contributed by atoms with van der Waals surface area (Å²) in [5.74, 6) is 0.900. The fourth-order valence-corrected chi connectivity index (χ4v) is 1.94. The van der Waals surface area contributed by atoms with Crippen LogP contribution >= 0.6 is 0 Å². The third-order valence-electron chi connectivity index (χ3n) is 3.06. The molecule has 1 saturated heterocycles. The first-order chi connectivity index (χ1) is 6.84. The smallest absolute Gasteiger partial charge is 0.0593 e. The number of rotatable bonds is 5. The highest BCUT2D eigenvalue weighted by molar-refractivity contribution is 4.75. The van der Waals surface area contributed by atoms with Crippen molar-refractivity contribution in [1.29, 1.82) is 0 Å². The Hall–Kier alpha value is -0.120. The topological polar surface area (TPSA) is 24.5 Å². The van der Waals surface area contributed by atoms with E-state index in [2.05, 4.69) is 17.1 Å². The molecule has 0 aromatic heterocycles. The van der Waals surface area contributed by atoms with E-state index in [1.165, 1.54) is 25.9 Å². The molecule has 1 aliphatic heterocycles. The van der Waals surface area contributed by atoms with Gasteiger partial charge in [0.25, 0.3) is 0 Å². The molecule has 1 saturated carbocycles. The van der Waals surface area contributed by atoms with Crippen molar-refractivity contribution in [3.8, 4) is 0 Å². The van der Waals surface area contributed by atoms with Gasteiger partial charge in [0.15, 0.2) is 0 Å². The van der Waals surface area contributed by atoms with Gasteiger partial charge in [-0.15, -0.1) is 0 Å². The zero-order valence-corrected chi connectivity index (χ0v) is 9.17. The first kappa shape index (κ1) is 10.4. The van der Waals surface area contributed by atoms with Crippen LogP contribution in [-0.4, -0.2) is 50.3 Å². The molecule has 0 radical (unpaired) electrons. The van der Waals surface area contributed by atoms with Gasteiger partial charge < -0.3 is 10.1 Å². The van der Waals surface area contributed by atoms with Gasteiger partial charge >= 0.3 is 0 Å². The third kappa shape index (κ3) is 3.56. The summed E-state index contributed by atoms with van der Waals surface area (Å²) in [6, 6.07) is 0.646. The van der Waals surface area contributed by atoms with Gasteiger partial charge in [-0.05, 0) is 25.7 Å². The van der Waals surface area contributed by atoms with Crippen molar-refractivity contribution in [2.75, 3.05) is 39.4 Å². The molecule has 14 heavy (non-hydrogen) atoms. The molecule has 0 aromatic rings. The summed E-state index contributed by atoms with van der Waals surface area (Å²) in [6.45, 7) is 8.76. The van der Waals surface area contributed by atoms with Gasteiger partial charge in [-0.1, -0.05) is 0 Å². The van der Waals surface area contributed by atoms with E-state index < -0.39 is 0 Å². The Balaban J connectivity index is 1.50. The third-order valence-corrected chi connectivity index (χ3v) is 3.06. The summed E-state index contributed by atoms with van der Waals surface area (Å²) in [6.07, 6.45) is 2.79. The number of ether oxygens (including phenoxy) is 1. The molecule has 0 spiro atoms. The number of hydrogen-bond acceptors (Lipinski definition) is 3. The highest BCUT2D eigenvalue weighted by Gasteiger charge is 2.21. The Labute approximate surface area is 86.8 Å². The Kier molecular flexibility index (Phi) is 3.79. The van der Waals surface area contributed by atoms with Crippen molar-refractivity contribution in [2.45, 2.75) is 25.8 Å². The Morgan fingerprint density at radius 1 is 1.43 bits per heavy atom. The molecule has 1 N–H and O–H groups in total. The quantitative estimate of drug-likeness (QED) is 0.658. The molecule has 2 fully saturated rings. The summed E-state index contributed by atoms with van der Waals surface area (Å²) in [7, 11) is 0. The summed E-state index contributed by atoms with van der Waals surface area (Å²) in [5, 5.41) is 3.45. The highest BCUT2D eigenvalue weighted by Crippen LogP contribution is 2.28. The van der Waals surface area contributed by atoms with Gasteiger partial charge in [-0.2, -0.15) is 0 Å². The van der Waals surface area contributed by atoms with Crippen molar-refractivity contribution in [2.24, 2.45) is 5.92 Å². The molecular weight excluding hydrogens is 176 g/mol. The highest BCUT2D eigenvalue weighted by atomic mass is 16.5. The van der Waals surface area contributed by atoms with E-state index in [0.717, 1.165) is 32.2 Å². The van der Waals surface area contributed by atoms with Gasteiger partial charge in [0, 0.05) is 38.8 Å². The molecule has 0 amide bonds. The first-order valence-corrected chi connectivity index (χ1v) is 5.88. The lowest BCUT2D eigenvalue weighted by Gasteiger charge is -2.31. The lowest BCUT2D eigenvalue weighted by molar-refractivity contribution is 0.0868. The monoisotopic (exact) mass is 198 g/mol. The molecule has 2 rings (SSSR count). The van der Waals surface area contributed by atoms with Crippen molar-refractivity contribution < 1.29 is 4.74 Å². The second kappa shape index (κ2) is 5.10. The zero-order chi connectivity index (χ0) is 9.80. The van der Waals surface area contributed by atoms with Gasteiger partial charge in [0.2, 0.25) is 0 Å². The lowest BCUT2D eigenvalue weighted by atomic mass is 10.2. The second-order valence-electron chi connectivity index (χ2n) is 4.67. The number of nitrogens with zero attached hydrogens (tertiary/aromatic N) is 1. The van der Waals surface area contributed by atoms with Crippen molar-refractivity contribution in [3.63, 3.8) is 0 Å². The van der Waals surface area contributed by atoms with E-state index in [4.69, 9.17) is 4.74 Å². The molecule has 1 atom stereocenters. The summed E-state index contributed by atoms with van der Waals surface area (Å²) in [4.78, 5) is 2.49. The minimum absolute atomic E-state index is 0.646. The van der Waals surface area contributed by atoms with Crippen LogP contribution in [0.2, 0.25) is 0 Å². The van der Waals surface area contributed by atoms with E-state index in [-0.39, 0.29) is 0 Å². The van der Waals surface area contributed by atoms with Crippen molar-refractivity contribution >= 4 is 0 Å². The molecule has 0 aromatic carbocycles. The minimum Gasteiger partial charge on any atom is -0.380 e. The fraction of sp³-hybridized carbons (Fsp3) is 1.00. The maximum Gasteiger partial charge on any atom is 0.0593 e. The Bertz CT molecular complexity index is 171. The SMILES string of the molecule is CC1CN(CCOCC2CC2)CCN1. The van der Waals surface area contributed by atoms with E-state index in [1.807, 2.05) is 0 Å². The van der Waals surface area contributed by atoms with Gasteiger partial charge in [-0.3, -0.25) is 4.90 Å². The van der Waals surface area contributed by atoms with E-state index in [9.17, 15) is 0 Å². The van der Waals surface area contributed by atoms with E-state index in [1.54, 1.807) is 0 Å². The Morgan fingerprint density at radius 2 is 2.29 bits per heavy atom. The number of hydrogen-bond donors (Lipinski definition) is 1. The maximum absolute atomic E-state index is 5.63. The largest absolute Gasteiger partial charge is 0.380 e. The molecule has 3 heteroatoms. The molecule has 1 aliphatic carbocycles. The molecule has 82 valence electrons. The molecule has 1 unspecified atom stereocenters. The van der Waals surface area contributed by atoms with Crippen molar-refractivity contribution in [1.82, 2.24) is 10.2 Å². The predicted octanol–water partition coefficient (Wildman–Crippen LogP) is 0.707. The molecular formula is C11H22N2O. The average molecular weight is 198 g/mol. The average Bonchev–Trinajstić information content (AvgIpc) is 2.96. The van der Waals surface area contributed by atoms with Crippen LogP contribution in [0, 0.1) is 5.92 Å². The predicted molar refractivity (Wildman–Crippen MR) is 57.4 cm³/mol. The summed E-state index contributed by atoms with van der Waals surface area (Å²) < 4.78 is 5.63. The van der Waals surface area contributed by atoms with Crippen molar-refractivity contribution in [3.05, 3.63) is 0 Å². The van der Waals surface area contributed by atoms with Gasteiger partial charge in [-0.25, -0.2) is 0 Å². The Morgan fingerprint density at radius 3 is 3.00 bits per heavy atom. The fourth-order valence-electron chi connectivity index (χ4n) is 1.94. The number of piperazine rings is 1. The van der Waals surface area contributed by atoms with Crippen LogP contribution in [0.25, 0.3) is 0 Å². The van der Waals surface area contributed by atoms with Crippen LogP contribution in [0.1, 0.15) is 19.8 Å². The normalized spacial score (nSPS) is 29.4. The summed E-state index contributed by atoms with van der Waals surface area (Å²) >= 11 is 0. The standard InChI is InChI=1S/C11H22N2O/c1-10-8-13(5-4-12-10)6-7-14-9-11-2-3-11/h10-12H,2-9H2,1H3. The van der Waals surface area contributed by atoms with Crippen LogP contribution in [0.5, 0.6) is 0 Å². The van der Waals surface area contributed by atoms with Crippen LogP contribution in [0.15, 0.2) is 0 Å². The lowest BCUT2D eigenvalue weighted by Crippen LogP contribution is -2.49. The number of nitrogens with one attached hydrogen (secondary N) is 1. The minimum atomic E-state index is 0.646. The van der Waals surface area contributed by atoms with E-state index in [0.29, 0.717) is 6.04 Å². The first-order valence-electron chi connectivity index (χ1n) is 5.88. The maximum atomic E-state index is 5.63. The van der Waals surface area contributed by atoms with Crippen LogP contribution in [0.4, 0.5) is 0 Å². The molecule has 2 aliphatic rings. The summed E-state index contributed by atoms with van der Waals surface area (Å²) in [5.41, 5.74) is 0. The van der Waals surface area contributed by atoms with Crippen LogP contribution < -0.4 is 5.32 Å².